The fourth-order valence-corrected chi connectivity index (χ4v) is 1.57. The molecule has 66 valence electrons. The van der Waals surface area contributed by atoms with E-state index in [2.05, 4.69) is 0 Å². The molecule has 0 aromatic carbocycles. The van der Waals surface area contributed by atoms with Gasteiger partial charge in [-0.15, -0.1) is 0 Å². The lowest BCUT2D eigenvalue weighted by atomic mass is 10.1. The van der Waals surface area contributed by atoms with E-state index in [1.165, 1.54) is 0 Å². The van der Waals surface area contributed by atoms with Crippen LogP contribution in [-0.4, -0.2) is 20.1 Å². The SMILES string of the molecule is CCCC(CCC)O[Si](=O)O. The fourth-order valence-electron chi connectivity index (χ4n) is 1.05. The van der Waals surface area contributed by atoms with E-state index in [1.807, 2.05) is 13.8 Å². The van der Waals surface area contributed by atoms with E-state index in [0.29, 0.717) is 0 Å². The molecule has 0 radical (unpaired) electrons. The summed E-state index contributed by atoms with van der Waals surface area (Å²) >= 11 is 0. The van der Waals surface area contributed by atoms with Crippen LogP contribution in [-0.2, 0) is 8.89 Å². The predicted octanol–water partition coefficient (Wildman–Crippen LogP) is 1.38. The maximum atomic E-state index is 10.3. The summed E-state index contributed by atoms with van der Waals surface area (Å²) < 4.78 is 15.2. The third-order valence-corrected chi connectivity index (χ3v) is 2.02. The molecule has 0 spiro atoms. The molecular formula is C7H16O3Si. The van der Waals surface area contributed by atoms with Crippen molar-refractivity contribution >= 4 is 9.17 Å². The van der Waals surface area contributed by atoms with E-state index in [9.17, 15) is 4.46 Å². The second-order valence-electron chi connectivity index (χ2n) is 2.58. The first-order valence-corrected chi connectivity index (χ1v) is 5.36. The molecule has 11 heavy (non-hydrogen) atoms. The molecule has 0 aromatic heterocycles. The van der Waals surface area contributed by atoms with Gasteiger partial charge in [-0.2, -0.15) is 0 Å². The zero-order valence-corrected chi connectivity index (χ0v) is 8.17. The first-order chi connectivity index (χ1) is 5.20. The molecule has 1 N–H and O–H groups in total. The summed E-state index contributed by atoms with van der Waals surface area (Å²) in [6, 6.07) is 0. The Morgan fingerprint density at radius 1 is 1.36 bits per heavy atom. The second kappa shape index (κ2) is 6.33. The Morgan fingerprint density at radius 3 is 2.09 bits per heavy atom. The summed E-state index contributed by atoms with van der Waals surface area (Å²) in [7, 11) is -2.73. The smallest absolute Gasteiger partial charge is 0.511 e. The van der Waals surface area contributed by atoms with Gasteiger partial charge in [0.2, 0.25) is 0 Å². The second-order valence-corrected chi connectivity index (χ2v) is 3.35. The molecule has 4 heteroatoms. The first-order valence-electron chi connectivity index (χ1n) is 4.10. The zero-order chi connectivity index (χ0) is 8.69. The van der Waals surface area contributed by atoms with Crippen LogP contribution in [0, 0.1) is 0 Å². The van der Waals surface area contributed by atoms with E-state index >= 15 is 0 Å². The third-order valence-electron chi connectivity index (χ3n) is 1.49. The highest BCUT2D eigenvalue weighted by atomic mass is 28.3. The molecule has 0 rings (SSSR count). The maximum absolute atomic E-state index is 10.3. The van der Waals surface area contributed by atoms with Gasteiger partial charge >= 0.3 is 9.17 Å². The van der Waals surface area contributed by atoms with Gasteiger partial charge < -0.3 is 9.22 Å². The Bertz CT molecular complexity index is 110. The number of hydrogen-bond acceptors (Lipinski definition) is 2. The molecule has 0 unspecified atom stereocenters. The highest BCUT2D eigenvalue weighted by molar-refractivity contribution is 6.24. The van der Waals surface area contributed by atoms with Crippen LogP contribution in [0.5, 0.6) is 0 Å². The average Bonchev–Trinajstić information content (AvgIpc) is 1.87. The molecule has 0 amide bonds. The lowest BCUT2D eigenvalue weighted by Gasteiger charge is -2.13. The quantitative estimate of drug-likeness (QED) is 0.622. The lowest BCUT2D eigenvalue weighted by molar-refractivity contribution is 0.129. The molecule has 3 nitrogen and oxygen atoms in total. The zero-order valence-electron chi connectivity index (χ0n) is 7.17. The monoisotopic (exact) mass is 176 g/mol. The van der Waals surface area contributed by atoms with E-state index in [-0.39, 0.29) is 6.10 Å². The van der Waals surface area contributed by atoms with E-state index in [1.54, 1.807) is 0 Å². The standard InChI is InChI=1S/C7H16O3Si/c1-3-5-7(6-4-2)10-11(8)9/h7-8H,3-6H2,1-2H3. The Hall–Kier alpha value is -0.383. The van der Waals surface area contributed by atoms with Crippen LogP contribution in [0.25, 0.3) is 0 Å². The molecule has 0 heterocycles. The minimum atomic E-state index is -2.73. The van der Waals surface area contributed by atoms with Crippen molar-refractivity contribution in [2.45, 2.75) is 45.6 Å². The molecule has 0 aliphatic rings. The topological polar surface area (TPSA) is 46.5 Å². The average molecular weight is 176 g/mol. The Balaban J connectivity index is 3.59. The highest BCUT2D eigenvalue weighted by Crippen LogP contribution is 2.08. The van der Waals surface area contributed by atoms with Gasteiger partial charge in [0.1, 0.15) is 0 Å². The van der Waals surface area contributed by atoms with Crippen LogP contribution >= 0.6 is 0 Å². The van der Waals surface area contributed by atoms with Gasteiger partial charge in [0.25, 0.3) is 0 Å². The highest BCUT2D eigenvalue weighted by Gasteiger charge is 2.13. The Labute approximate surface area is 69.3 Å². The molecule has 0 atom stereocenters. The Morgan fingerprint density at radius 2 is 1.82 bits per heavy atom. The van der Waals surface area contributed by atoms with Crippen LogP contribution in [0.4, 0.5) is 0 Å². The van der Waals surface area contributed by atoms with E-state index < -0.39 is 9.17 Å². The molecule has 0 fully saturated rings. The summed E-state index contributed by atoms with van der Waals surface area (Å²) in [4.78, 5) is 8.50. The molecule has 0 bridgehead atoms. The van der Waals surface area contributed by atoms with Gasteiger partial charge in [-0.3, -0.25) is 4.46 Å². The lowest BCUT2D eigenvalue weighted by Crippen LogP contribution is -2.18. The molecule has 0 aliphatic carbocycles. The largest absolute Gasteiger partial charge is 0.764 e. The van der Waals surface area contributed by atoms with Gasteiger partial charge in [-0.05, 0) is 12.8 Å². The van der Waals surface area contributed by atoms with Crippen molar-refractivity contribution in [1.29, 1.82) is 0 Å². The predicted molar refractivity (Wildman–Crippen MR) is 43.3 cm³/mol. The minimum Gasteiger partial charge on any atom is -0.511 e. The normalized spacial score (nSPS) is 10.1. The summed E-state index contributed by atoms with van der Waals surface area (Å²) in [6.45, 7) is 4.08. The van der Waals surface area contributed by atoms with E-state index in [4.69, 9.17) is 9.22 Å². The van der Waals surface area contributed by atoms with Crippen molar-refractivity contribution in [1.82, 2.24) is 0 Å². The van der Waals surface area contributed by atoms with Crippen molar-refractivity contribution in [3.63, 3.8) is 0 Å². The minimum absolute atomic E-state index is 0.0126. The number of hydrogen-bond donors (Lipinski definition) is 1. The van der Waals surface area contributed by atoms with Gasteiger partial charge in [-0.1, -0.05) is 26.7 Å². The van der Waals surface area contributed by atoms with Crippen LogP contribution in [0.15, 0.2) is 0 Å². The summed E-state index contributed by atoms with van der Waals surface area (Å²) in [6.07, 6.45) is 3.75. The van der Waals surface area contributed by atoms with Gasteiger partial charge in [0, 0.05) is 0 Å². The molecular weight excluding hydrogens is 160 g/mol. The summed E-state index contributed by atoms with van der Waals surface area (Å²) in [5.74, 6) is 0. The van der Waals surface area contributed by atoms with Crippen molar-refractivity contribution in [3.8, 4) is 0 Å². The molecule has 0 saturated carbocycles. The van der Waals surface area contributed by atoms with Gasteiger partial charge in [0.05, 0.1) is 6.10 Å². The Kier molecular flexibility index (Phi) is 6.11. The van der Waals surface area contributed by atoms with Gasteiger partial charge in [0.15, 0.2) is 0 Å². The first kappa shape index (κ1) is 10.6. The molecule has 0 saturated heterocycles. The molecule has 0 aromatic rings. The third kappa shape index (κ3) is 6.03. The van der Waals surface area contributed by atoms with Crippen molar-refractivity contribution < 1.29 is 13.7 Å². The van der Waals surface area contributed by atoms with Crippen molar-refractivity contribution in [2.24, 2.45) is 0 Å². The van der Waals surface area contributed by atoms with E-state index in [0.717, 1.165) is 25.7 Å². The maximum Gasteiger partial charge on any atom is 0.764 e. The van der Waals surface area contributed by atoms with Crippen LogP contribution in [0.3, 0.4) is 0 Å². The van der Waals surface area contributed by atoms with Crippen LogP contribution in [0.2, 0.25) is 0 Å². The van der Waals surface area contributed by atoms with Crippen LogP contribution < -0.4 is 0 Å². The summed E-state index contributed by atoms with van der Waals surface area (Å²) in [5, 5.41) is 0. The van der Waals surface area contributed by atoms with Crippen molar-refractivity contribution in [2.75, 3.05) is 0 Å². The van der Waals surface area contributed by atoms with Gasteiger partial charge in [-0.25, -0.2) is 0 Å². The van der Waals surface area contributed by atoms with Crippen molar-refractivity contribution in [3.05, 3.63) is 0 Å². The summed E-state index contributed by atoms with van der Waals surface area (Å²) in [5.41, 5.74) is 0. The molecule has 0 aliphatic heterocycles. The number of rotatable bonds is 6. The van der Waals surface area contributed by atoms with Crippen LogP contribution in [0.1, 0.15) is 39.5 Å². The fraction of sp³-hybridized carbons (Fsp3) is 1.00.